The first-order valence-electron chi connectivity index (χ1n) is 16.9. The van der Waals surface area contributed by atoms with Crippen molar-refractivity contribution in [3.05, 3.63) is 67.0 Å². The van der Waals surface area contributed by atoms with E-state index in [1.807, 2.05) is 58.0 Å². The Kier molecular flexibility index (Phi) is 9.51. The molecule has 2 unspecified atom stereocenters. The van der Waals surface area contributed by atoms with E-state index in [-0.39, 0.29) is 18.9 Å². The van der Waals surface area contributed by atoms with Crippen molar-refractivity contribution < 1.29 is 32.3 Å². The average molecular weight is 705 g/mol. The predicted octanol–water partition coefficient (Wildman–Crippen LogP) is 4.43. The van der Waals surface area contributed by atoms with Gasteiger partial charge in [-0.15, -0.1) is 6.58 Å². The van der Waals surface area contributed by atoms with E-state index >= 15 is 0 Å². The number of imide groups is 1. The summed E-state index contributed by atoms with van der Waals surface area (Å²) in [5, 5.41) is 4.15. The quantitative estimate of drug-likeness (QED) is 0.258. The summed E-state index contributed by atoms with van der Waals surface area (Å²) < 4.78 is 39.9. The van der Waals surface area contributed by atoms with E-state index in [9.17, 15) is 22.8 Å². The van der Waals surface area contributed by atoms with Crippen molar-refractivity contribution in [3.8, 4) is 11.6 Å². The topological polar surface area (TPSA) is 160 Å². The molecule has 0 spiro atoms. The molecule has 0 bridgehead atoms. The summed E-state index contributed by atoms with van der Waals surface area (Å²) in [5.74, 6) is -1.07. The average Bonchev–Trinajstić information content (AvgIpc) is 4.01. The van der Waals surface area contributed by atoms with Gasteiger partial charge in [0.1, 0.15) is 29.3 Å². The summed E-state index contributed by atoms with van der Waals surface area (Å²) in [6, 6.07) is 8.94. The molecule has 2 aliphatic carbocycles. The molecule has 2 aromatic heterocycles. The third-order valence-corrected chi connectivity index (χ3v) is 11.6. The highest BCUT2D eigenvalue weighted by atomic mass is 32.2. The fraction of sp³-hybridized carbons (Fsp3) is 0.472. The number of fused-ring (bicyclic) bond motifs is 1. The first-order chi connectivity index (χ1) is 23.8. The molecule has 1 aromatic carbocycles. The summed E-state index contributed by atoms with van der Waals surface area (Å²) >= 11 is 0. The number of aromatic nitrogens is 2. The summed E-state index contributed by atoms with van der Waals surface area (Å²) in [7, 11) is -2.39. The molecule has 6 rings (SSSR count). The molecule has 2 N–H and O–H groups in total. The second-order valence-corrected chi connectivity index (χ2v) is 15.8. The van der Waals surface area contributed by atoms with Crippen LogP contribution < -0.4 is 19.5 Å². The molecule has 14 heteroatoms. The maximum Gasteiger partial charge on any atom is 0.328 e. The van der Waals surface area contributed by atoms with Gasteiger partial charge in [0.25, 0.3) is 11.8 Å². The minimum absolute atomic E-state index is 0.0407. The second-order valence-electron chi connectivity index (χ2n) is 13.9. The molecule has 5 atom stereocenters. The Hall–Kier alpha value is -4.72. The molecular weight excluding hydrogens is 660 g/mol. The van der Waals surface area contributed by atoms with Crippen LogP contribution in [0, 0.1) is 18.8 Å². The SMILES string of the molecule is C=C[C@@H]1C[C@@]1(C(=O)NS(=O)(=O)C1CC1)N(C(=O)C(Nc1cc(C)ccn1)C(C)C)C(=O)N1C[C@H](Oc2nccc3cc(OC)ccc23)CC1C. The molecule has 2 saturated carbocycles. The summed E-state index contributed by atoms with van der Waals surface area (Å²) in [4.78, 5) is 55.0. The number of likely N-dealkylation sites (tertiary alicyclic amines) is 1. The number of anilines is 1. The Bertz CT molecular complexity index is 1930. The first-order valence-corrected chi connectivity index (χ1v) is 18.5. The van der Waals surface area contributed by atoms with Crippen LogP contribution in [0.1, 0.15) is 52.0 Å². The van der Waals surface area contributed by atoms with E-state index in [1.165, 1.54) is 11.0 Å². The zero-order chi connectivity index (χ0) is 36.0. The molecule has 13 nitrogen and oxygen atoms in total. The number of carbonyl (C=O) groups is 3. The molecule has 0 radical (unpaired) electrons. The molecular formula is C36H44N6O7S. The van der Waals surface area contributed by atoms with Crippen molar-refractivity contribution in [1.82, 2.24) is 24.5 Å². The number of hydrogen-bond acceptors (Lipinski definition) is 10. The smallest absolute Gasteiger partial charge is 0.328 e. The molecule has 4 amide bonds. The van der Waals surface area contributed by atoms with Gasteiger partial charge in [-0.1, -0.05) is 19.9 Å². The minimum Gasteiger partial charge on any atom is -0.497 e. The number of ether oxygens (including phenoxy) is 2. The van der Waals surface area contributed by atoms with Gasteiger partial charge in [-0.25, -0.2) is 28.1 Å². The molecule has 3 aliphatic rings. The van der Waals surface area contributed by atoms with Gasteiger partial charge in [0.2, 0.25) is 15.9 Å². The number of hydrogen-bond donors (Lipinski definition) is 2. The third kappa shape index (κ3) is 6.72. The molecule has 50 heavy (non-hydrogen) atoms. The number of amides is 4. The second kappa shape index (κ2) is 13.5. The lowest BCUT2D eigenvalue weighted by atomic mass is 10.00. The van der Waals surface area contributed by atoms with Gasteiger partial charge in [-0.05, 0) is 86.4 Å². The van der Waals surface area contributed by atoms with Gasteiger partial charge in [-0.3, -0.25) is 14.3 Å². The van der Waals surface area contributed by atoms with Crippen molar-refractivity contribution in [1.29, 1.82) is 0 Å². The van der Waals surface area contributed by atoms with E-state index < -0.39 is 62.8 Å². The van der Waals surface area contributed by atoms with Gasteiger partial charge in [0.05, 0.1) is 18.9 Å². The Morgan fingerprint density at radius 3 is 2.50 bits per heavy atom. The Morgan fingerprint density at radius 2 is 1.86 bits per heavy atom. The molecule has 3 aromatic rings. The van der Waals surface area contributed by atoms with Crippen molar-refractivity contribution in [3.63, 3.8) is 0 Å². The number of nitrogens with one attached hydrogen (secondary N) is 2. The highest BCUT2D eigenvalue weighted by molar-refractivity contribution is 7.91. The van der Waals surface area contributed by atoms with E-state index in [0.717, 1.165) is 21.2 Å². The predicted molar refractivity (Wildman–Crippen MR) is 188 cm³/mol. The van der Waals surface area contributed by atoms with E-state index in [1.54, 1.807) is 25.6 Å². The number of rotatable bonds is 12. The molecule has 1 aliphatic heterocycles. The maximum absolute atomic E-state index is 14.8. The number of aryl methyl sites for hydroxylation is 1. The Labute approximate surface area is 292 Å². The zero-order valence-corrected chi connectivity index (χ0v) is 29.8. The fourth-order valence-corrected chi connectivity index (χ4v) is 8.07. The number of nitrogens with zero attached hydrogens (tertiary/aromatic N) is 4. The highest BCUT2D eigenvalue weighted by Crippen LogP contribution is 2.51. The maximum atomic E-state index is 14.8. The van der Waals surface area contributed by atoms with E-state index in [4.69, 9.17) is 9.47 Å². The summed E-state index contributed by atoms with van der Waals surface area (Å²) in [6.07, 6.45) is 5.63. The normalized spacial score (nSPS) is 23.6. The van der Waals surface area contributed by atoms with Gasteiger partial charge in [0.15, 0.2) is 0 Å². The third-order valence-electron chi connectivity index (χ3n) is 9.82. The summed E-state index contributed by atoms with van der Waals surface area (Å²) in [6.45, 7) is 11.4. The number of methoxy groups -OCH3 is 1. The van der Waals surface area contributed by atoms with Crippen LogP contribution in [0.25, 0.3) is 10.8 Å². The van der Waals surface area contributed by atoms with E-state index in [0.29, 0.717) is 36.7 Å². The van der Waals surface area contributed by atoms with Crippen molar-refractivity contribution in [2.45, 2.75) is 82.4 Å². The molecule has 3 fully saturated rings. The van der Waals surface area contributed by atoms with Gasteiger partial charge in [-0.2, -0.15) is 0 Å². The lowest BCUT2D eigenvalue weighted by Crippen LogP contribution is -2.63. The standard InChI is InChI=1S/C36H44N6O7S/c1-7-25-19-36(25,34(44)40-50(46,47)28-9-10-28)42(33(43)31(21(2)3)39-30-16-22(4)12-14-37-30)35(45)41-20-27(17-23(41)5)49-32-29-11-8-26(48-6)18-24(29)13-15-38-32/h7-8,11-16,18,21,23,25,27-28,31H,1,9-10,17,19-20H2,2-6H3,(H,37,39)(H,40,44)/t23?,25-,27-,31?,36-/m1/s1. The van der Waals surface area contributed by atoms with E-state index in [2.05, 4.69) is 26.6 Å². The van der Waals surface area contributed by atoms with Crippen LogP contribution in [0.5, 0.6) is 11.6 Å². The highest BCUT2D eigenvalue weighted by Gasteiger charge is 2.68. The Morgan fingerprint density at radius 1 is 1.12 bits per heavy atom. The van der Waals surface area contributed by atoms with Gasteiger partial charge >= 0.3 is 6.03 Å². The lowest BCUT2D eigenvalue weighted by Gasteiger charge is -2.37. The van der Waals surface area contributed by atoms with Crippen LogP contribution in [0.2, 0.25) is 0 Å². The van der Waals surface area contributed by atoms with Crippen LogP contribution in [-0.2, 0) is 19.6 Å². The van der Waals surface area contributed by atoms with Crippen LogP contribution in [0.4, 0.5) is 10.6 Å². The fourth-order valence-electron chi connectivity index (χ4n) is 6.71. The number of sulfonamides is 1. The molecule has 266 valence electrons. The largest absolute Gasteiger partial charge is 0.497 e. The van der Waals surface area contributed by atoms with Crippen LogP contribution >= 0.6 is 0 Å². The monoisotopic (exact) mass is 704 g/mol. The van der Waals surface area contributed by atoms with Crippen LogP contribution in [0.3, 0.4) is 0 Å². The minimum atomic E-state index is -3.99. The number of urea groups is 1. The molecule has 3 heterocycles. The van der Waals surface area contributed by atoms with Gasteiger partial charge < -0.3 is 19.7 Å². The number of carbonyl (C=O) groups excluding carboxylic acids is 3. The van der Waals surface area contributed by atoms with Crippen LogP contribution in [-0.4, -0.2) is 88.7 Å². The Balaban J connectivity index is 1.33. The van der Waals surface area contributed by atoms with Gasteiger partial charge in [0, 0.05) is 36.2 Å². The number of benzene rings is 1. The lowest BCUT2D eigenvalue weighted by molar-refractivity contribution is -0.140. The molecule has 1 saturated heterocycles. The van der Waals surface area contributed by atoms with Crippen molar-refractivity contribution >= 4 is 44.5 Å². The first kappa shape index (κ1) is 35.1. The van der Waals surface area contributed by atoms with Crippen molar-refractivity contribution in [2.75, 3.05) is 19.0 Å². The zero-order valence-electron chi connectivity index (χ0n) is 29.0. The van der Waals surface area contributed by atoms with Crippen molar-refractivity contribution in [2.24, 2.45) is 11.8 Å². The summed E-state index contributed by atoms with van der Waals surface area (Å²) in [5.41, 5.74) is -0.876. The number of pyridine rings is 2. The van der Waals surface area contributed by atoms with Crippen LogP contribution in [0.15, 0.2) is 61.4 Å².